The lowest BCUT2D eigenvalue weighted by Crippen LogP contribution is -2.24. The highest BCUT2D eigenvalue weighted by Gasteiger charge is 2.04. The fourth-order valence-electron chi connectivity index (χ4n) is 2.33. The van der Waals surface area contributed by atoms with Crippen molar-refractivity contribution in [2.45, 2.75) is 25.3 Å². The summed E-state index contributed by atoms with van der Waals surface area (Å²) in [4.78, 5) is 15.3. The maximum atomic E-state index is 11.9. The predicted octanol–water partition coefficient (Wildman–Crippen LogP) is 3.94. The second-order valence-electron chi connectivity index (χ2n) is 5.22. The van der Waals surface area contributed by atoms with Crippen molar-refractivity contribution in [1.82, 2.24) is 5.32 Å². The predicted molar refractivity (Wildman–Crippen MR) is 99.0 cm³/mol. The summed E-state index contributed by atoms with van der Waals surface area (Å²) in [5, 5.41) is 2.97. The van der Waals surface area contributed by atoms with Gasteiger partial charge in [-0.15, -0.1) is 11.8 Å². The van der Waals surface area contributed by atoms with Crippen LogP contribution in [0.15, 0.2) is 59.5 Å². The monoisotopic (exact) mass is 328 g/mol. The molecule has 0 fully saturated rings. The molecule has 0 saturated heterocycles. The Balaban J connectivity index is 1.78. The first-order chi connectivity index (χ1) is 11.2. The number of carbonyl (C=O) groups is 1. The Bertz CT molecular complexity index is 595. The van der Waals surface area contributed by atoms with E-state index in [9.17, 15) is 4.79 Å². The minimum Gasteiger partial charge on any atom is -0.372 e. The molecular formula is C19H24N2OS. The molecule has 0 unspecified atom stereocenters. The van der Waals surface area contributed by atoms with Gasteiger partial charge >= 0.3 is 0 Å². The van der Waals surface area contributed by atoms with Gasteiger partial charge in [0.1, 0.15) is 0 Å². The third-order valence-electron chi connectivity index (χ3n) is 3.67. The van der Waals surface area contributed by atoms with Crippen molar-refractivity contribution < 1.29 is 4.79 Å². The standard InChI is InChI=1S/C19H24N2OS/c1-3-21(4-2)17-12-10-16(11-13-17)14-20-19(22)15-23-18-8-6-5-7-9-18/h5-13H,3-4,14-15H2,1-2H3,(H,20,22). The molecule has 4 heteroatoms. The Kier molecular flexibility index (Phi) is 7.01. The Morgan fingerprint density at radius 3 is 2.26 bits per heavy atom. The van der Waals surface area contributed by atoms with Crippen molar-refractivity contribution in [3.63, 3.8) is 0 Å². The molecule has 0 aromatic heterocycles. The van der Waals surface area contributed by atoms with Gasteiger partial charge in [0.25, 0.3) is 0 Å². The maximum absolute atomic E-state index is 11.9. The number of hydrogen-bond acceptors (Lipinski definition) is 3. The van der Waals surface area contributed by atoms with Gasteiger partial charge < -0.3 is 10.2 Å². The molecule has 3 nitrogen and oxygen atoms in total. The van der Waals surface area contributed by atoms with Crippen molar-refractivity contribution in [2.75, 3.05) is 23.7 Å². The summed E-state index contributed by atoms with van der Waals surface area (Å²) in [6.07, 6.45) is 0. The van der Waals surface area contributed by atoms with Gasteiger partial charge in [0, 0.05) is 30.2 Å². The number of nitrogens with zero attached hydrogens (tertiary/aromatic N) is 1. The third-order valence-corrected chi connectivity index (χ3v) is 4.68. The molecule has 23 heavy (non-hydrogen) atoms. The van der Waals surface area contributed by atoms with Crippen molar-refractivity contribution in [2.24, 2.45) is 0 Å². The molecule has 0 aliphatic carbocycles. The summed E-state index contributed by atoms with van der Waals surface area (Å²) in [7, 11) is 0. The van der Waals surface area contributed by atoms with Crippen LogP contribution in [-0.2, 0) is 11.3 Å². The van der Waals surface area contributed by atoms with Gasteiger partial charge in [0.2, 0.25) is 5.91 Å². The van der Waals surface area contributed by atoms with Crippen molar-refractivity contribution in [3.05, 3.63) is 60.2 Å². The molecule has 2 aromatic carbocycles. The highest BCUT2D eigenvalue weighted by molar-refractivity contribution is 8.00. The molecule has 0 aliphatic heterocycles. The molecule has 1 N–H and O–H groups in total. The number of thioether (sulfide) groups is 1. The second-order valence-corrected chi connectivity index (χ2v) is 6.27. The zero-order valence-electron chi connectivity index (χ0n) is 13.8. The molecule has 2 rings (SSSR count). The molecule has 0 atom stereocenters. The van der Waals surface area contributed by atoms with Crippen LogP contribution < -0.4 is 10.2 Å². The molecular weight excluding hydrogens is 304 g/mol. The number of amides is 1. The van der Waals surface area contributed by atoms with Crippen LogP contribution in [0.25, 0.3) is 0 Å². The minimum absolute atomic E-state index is 0.0617. The van der Waals surface area contributed by atoms with Gasteiger partial charge in [0.15, 0.2) is 0 Å². The van der Waals surface area contributed by atoms with Crippen LogP contribution >= 0.6 is 11.8 Å². The maximum Gasteiger partial charge on any atom is 0.230 e. The number of hydrogen-bond donors (Lipinski definition) is 1. The SMILES string of the molecule is CCN(CC)c1ccc(CNC(=O)CSc2ccccc2)cc1. The molecule has 0 spiro atoms. The van der Waals surface area contributed by atoms with Crippen molar-refractivity contribution in [1.29, 1.82) is 0 Å². The average Bonchev–Trinajstić information content (AvgIpc) is 2.61. The molecule has 0 heterocycles. The van der Waals surface area contributed by atoms with E-state index in [0.717, 1.165) is 23.5 Å². The first-order valence-corrected chi connectivity index (χ1v) is 9.00. The van der Waals surface area contributed by atoms with E-state index >= 15 is 0 Å². The first kappa shape index (κ1) is 17.4. The zero-order chi connectivity index (χ0) is 16.5. The fraction of sp³-hybridized carbons (Fsp3) is 0.316. The second kappa shape index (κ2) is 9.26. The lowest BCUT2D eigenvalue weighted by atomic mass is 10.2. The van der Waals surface area contributed by atoms with Crippen LogP contribution in [0.1, 0.15) is 19.4 Å². The summed E-state index contributed by atoms with van der Waals surface area (Å²) in [6.45, 7) is 6.89. The number of nitrogens with one attached hydrogen (secondary N) is 1. The van der Waals surface area contributed by atoms with Gasteiger partial charge in [-0.2, -0.15) is 0 Å². The summed E-state index contributed by atoms with van der Waals surface area (Å²) in [5.41, 5.74) is 2.35. The molecule has 0 radical (unpaired) electrons. The Morgan fingerprint density at radius 1 is 1.00 bits per heavy atom. The highest BCUT2D eigenvalue weighted by Crippen LogP contribution is 2.17. The van der Waals surface area contributed by atoms with Crippen LogP contribution in [0.2, 0.25) is 0 Å². The molecule has 2 aromatic rings. The summed E-state index contributed by atoms with van der Waals surface area (Å²) < 4.78 is 0. The van der Waals surface area contributed by atoms with Gasteiger partial charge in [-0.1, -0.05) is 30.3 Å². The van der Waals surface area contributed by atoms with Crippen molar-refractivity contribution in [3.8, 4) is 0 Å². The average molecular weight is 328 g/mol. The third kappa shape index (κ3) is 5.64. The number of rotatable bonds is 8. The smallest absolute Gasteiger partial charge is 0.230 e. The normalized spacial score (nSPS) is 10.3. The van der Waals surface area contributed by atoms with E-state index in [1.54, 1.807) is 11.8 Å². The minimum atomic E-state index is 0.0617. The van der Waals surface area contributed by atoms with Gasteiger partial charge in [-0.25, -0.2) is 0 Å². The van der Waals surface area contributed by atoms with E-state index in [0.29, 0.717) is 12.3 Å². The van der Waals surface area contributed by atoms with E-state index in [2.05, 4.69) is 48.3 Å². The van der Waals surface area contributed by atoms with Crippen LogP contribution in [0.5, 0.6) is 0 Å². The van der Waals surface area contributed by atoms with Crippen LogP contribution in [0, 0.1) is 0 Å². The van der Waals surface area contributed by atoms with Crippen LogP contribution in [0.4, 0.5) is 5.69 Å². The van der Waals surface area contributed by atoms with E-state index < -0.39 is 0 Å². The van der Waals surface area contributed by atoms with E-state index in [1.165, 1.54) is 5.69 Å². The van der Waals surface area contributed by atoms with Crippen LogP contribution in [0.3, 0.4) is 0 Å². The quantitative estimate of drug-likeness (QED) is 0.745. The zero-order valence-corrected chi connectivity index (χ0v) is 14.6. The summed E-state index contributed by atoms with van der Waals surface area (Å²) in [5.74, 6) is 0.508. The Labute approximate surface area is 143 Å². The summed E-state index contributed by atoms with van der Waals surface area (Å²) >= 11 is 1.56. The van der Waals surface area contributed by atoms with E-state index in [1.807, 2.05) is 30.3 Å². The highest BCUT2D eigenvalue weighted by atomic mass is 32.2. The Morgan fingerprint density at radius 2 is 1.65 bits per heavy atom. The van der Waals surface area contributed by atoms with Gasteiger partial charge in [0.05, 0.1) is 5.75 Å². The van der Waals surface area contributed by atoms with Gasteiger partial charge in [-0.3, -0.25) is 4.79 Å². The molecule has 122 valence electrons. The lowest BCUT2D eigenvalue weighted by molar-refractivity contribution is -0.118. The number of benzene rings is 2. The first-order valence-electron chi connectivity index (χ1n) is 8.01. The van der Waals surface area contributed by atoms with E-state index in [4.69, 9.17) is 0 Å². The fourth-order valence-corrected chi connectivity index (χ4v) is 3.08. The van der Waals surface area contributed by atoms with Crippen LogP contribution in [-0.4, -0.2) is 24.7 Å². The molecule has 0 saturated carbocycles. The largest absolute Gasteiger partial charge is 0.372 e. The van der Waals surface area contributed by atoms with Crippen molar-refractivity contribution >= 4 is 23.4 Å². The van der Waals surface area contributed by atoms with Gasteiger partial charge in [-0.05, 0) is 43.7 Å². The molecule has 0 bridgehead atoms. The Hall–Kier alpha value is -1.94. The topological polar surface area (TPSA) is 32.3 Å². The number of anilines is 1. The summed E-state index contributed by atoms with van der Waals surface area (Å²) in [6, 6.07) is 18.4. The molecule has 1 amide bonds. The van der Waals surface area contributed by atoms with E-state index in [-0.39, 0.29) is 5.91 Å². The number of carbonyl (C=O) groups excluding carboxylic acids is 1. The lowest BCUT2D eigenvalue weighted by Gasteiger charge is -2.21. The molecule has 0 aliphatic rings.